The van der Waals surface area contributed by atoms with Gasteiger partial charge < -0.3 is 14.8 Å². The number of rotatable bonds is 6. The molecule has 0 saturated heterocycles. The van der Waals surface area contributed by atoms with Gasteiger partial charge in [-0.1, -0.05) is 12.8 Å². The Kier molecular flexibility index (Phi) is 6.16. The molecule has 2 aromatic rings. The van der Waals surface area contributed by atoms with E-state index >= 15 is 0 Å². The number of nitrogens with one attached hydrogen (secondary N) is 1. The zero-order chi connectivity index (χ0) is 20.1. The third-order valence-electron chi connectivity index (χ3n) is 4.52. The van der Waals surface area contributed by atoms with E-state index in [0.717, 1.165) is 5.69 Å². The van der Waals surface area contributed by atoms with Crippen LogP contribution in [-0.2, 0) is 4.74 Å². The van der Waals surface area contributed by atoms with Gasteiger partial charge in [0.05, 0.1) is 24.4 Å². The van der Waals surface area contributed by atoms with Crippen molar-refractivity contribution in [2.24, 2.45) is 0 Å². The van der Waals surface area contributed by atoms with E-state index in [1.807, 2.05) is 10.6 Å². The number of carbonyl (C=O) groups excluding carboxylic acids is 1. The number of nitrogens with zero attached hydrogens (tertiary/aromatic N) is 3. The monoisotopic (exact) mass is 390 g/mol. The van der Waals surface area contributed by atoms with Crippen LogP contribution in [0.3, 0.4) is 0 Å². The lowest BCUT2D eigenvalue weighted by molar-refractivity contribution is 0.0531. The first-order chi connectivity index (χ1) is 13.3. The first kappa shape index (κ1) is 20.1. The Morgan fingerprint density at radius 3 is 2.79 bits per heavy atom. The van der Waals surface area contributed by atoms with E-state index in [2.05, 4.69) is 15.3 Å². The maximum absolute atomic E-state index is 13.1. The highest BCUT2D eigenvalue weighted by Crippen LogP contribution is 2.33. The molecule has 1 aliphatic carbocycles. The van der Waals surface area contributed by atoms with Crippen molar-refractivity contribution in [1.29, 1.82) is 0 Å². The predicted octanol–water partition coefficient (Wildman–Crippen LogP) is 4.14. The van der Waals surface area contributed by atoms with E-state index in [1.54, 1.807) is 33.2 Å². The molecule has 0 atom stereocenters. The van der Waals surface area contributed by atoms with Gasteiger partial charge in [0, 0.05) is 24.2 Å². The summed E-state index contributed by atoms with van der Waals surface area (Å²) in [6.45, 7) is 5.28. The number of fused-ring (bicyclic) bond motifs is 1. The molecule has 1 aliphatic rings. The number of amides is 1. The van der Waals surface area contributed by atoms with E-state index < -0.39 is 11.7 Å². The molecule has 1 N–H and O–H groups in total. The van der Waals surface area contributed by atoms with Gasteiger partial charge in [-0.15, -0.1) is 0 Å². The van der Waals surface area contributed by atoms with Gasteiger partial charge in [0.2, 0.25) is 5.78 Å². The number of imidazole rings is 1. The van der Waals surface area contributed by atoms with Gasteiger partial charge in [-0.25, -0.2) is 19.2 Å². The molecule has 1 saturated carbocycles. The normalized spacial score (nSPS) is 15.8. The highest BCUT2D eigenvalue weighted by molar-refractivity contribution is 5.68. The lowest BCUT2D eigenvalue weighted by Gasteiger charge is -2.20. The van der Waals surface area contributed by atoms with Crippen molar-refractivity contribution in [3.63, 3.8) is 0 Å². The lowest BCUT2D eigenvalue weighted by atomic mass is 10.1. The zero-order valence-corrected chi connectivity index (χ0v) is 16.6. The van der Waals surface area contributed by atoms with Gasteiger partial charge >= 0.3 is 6.09 Å². The quantitative estimate of drug-likeness (QED) is 0.802. The molecule has 1 fully saturated rings. The predicted molar refractivity (Wildman–Crippen MR) is 103 cm³/mol. The second-order valence-electron chi connectivity index (χ2n) is 8.06. The van der Waals surface area contributed by atoms with E-state index in [4.69, 9.17) is 9.47 Å². The SMILES string of the molecule is CC(C)(C)OC(=O)NC/C(=C/F)COc1cnc2nc(C3CCCC3)cn2c1. The molecule has 2 heterocycles. The van der Waals surface area contributed by atoms with Crippen molar-refractivity contribution >= 4 is 11.9 Å². The van der Waals surface area contributed by atoms with Gasteiger partial charge in [-0.2, -0.15) is 0 Å². The molecular formula is C20H27FN4O3. The Hall–Kier alpha value is -2.64. The molecule has 3 rings (SSSR count). The van der Waals surface area contributed by atoms with Crippen molar-refractivity contribution in [2.45, 2.75) is 58.0 Å². The summed E-state index contributed by atoms with van der Waals surface area (Å²) in [5, 5.41) is 2.51. The molecule has 1 amide bonds. The average Bonchev–Trinajstić information content (AvgIpc) is 3.29. The fourth-order valence-electron chi connectivity index (χ4n) is 3.17. The third kappa shape index (κ3) is 5.43. The van der Waals surface area contributed by atoms with Gasteiger partial charge in [0.25, 0.3) is 0 Å². The van der Waals surface area contributed by atoms with Crippen LogP contribution in [0.2, 0.25) is 0 Å². The molecule has 0 radical (unpaired) electrons. The number of aromatic nitrogens is 3. The standard InChI is InChI=1S/C20H27FN4O3/c1-20(2,3)28-19(26)23-9-14(8-21)13-27-16-10-22-18-24-17(12-25(18)11-16)15-6-4-5-7-15/h8,10-12,15H,4-7,9,13H2,1-3H3,(H,23,26)/b14-8-. The highest BCUT2D eigenvalue weighted by atomic mass is 19.1. The molecule has 0 aromatic carbocycles. The van der Waals surface area contributed by atoms with Crippen LogP contribution in [0, 0.1) is 0 Å². The molecule has 8 heteroatoms. The Morgan fingerprint density at radius 2 is 2.11 bits per heavy atom. The van der Waals surface area contributed by atoms with Crippen LogP contribution < -0.4 is 10.1 Å². The minimum absolute atomic E-state index is 0.00199. The Morgan fingerprint density at radius 1 is 1.36 bits per heavy atom. The van der Waals surface area contributed by atoms with Crippen LogP contribution in [0.15, 0.2) is 30.5 Å². The van der Waals surface area contributed by atoms with E-state index in [-0.39, 0.29) is 18.7 Å². The smallest absolute Gasteiger partial charge is 0.407 e. The molecule has 0 unspecified atom stereocenters. The second kappa shape index (κ2) is 8.58. The Labute approximate surface area is 164 Å². The molecule has 28 heavy (non-hydrogen) atoms. The number of alkyl carbamates (subject to hydrolysis) is 1. The number of halogens is 1. The summed E-state index contributed by atoms with van der Waals surface area (Å²) in [7, 11) is 0. The molecule has 0 spiro atoms. The largest absolute Gasteiger partial charge is 0.486 e. The number of hydrogen-bond donors (Lipinski definition) is 1. The average molecular weight is 390 g/mol. The van der Waals surface area contributed by atoms with E-state index in [9.17, 15) is 9.18 Å². The van der Waals surface area contributed by atoms with Crippen LogP contribution in [-0.4, -0.2) is 39.2 Å². The second-order valence-corrected chi connectivity index (χ2v) is 8.06. The van der Waals surface area contributed by atoms with Gasteiger partial charge in [-0.05, 0) is 33.6 Å². The van der Waals surface area contributed by atoms with Gasteiger partial charge in [0.1, 0.15) is 12.2 Å². The maximum atomic E-state index is 13.1. The summed E-state index contributed by atoms with van der Waals surface area (Å²) in [6, 6.07) is 0. The number of hydrogen-bond acceptors (Lipinski definition) is 5. The Bertz CT molecular complexity index is 851. The van der Waals surface area contributed by atoms with Gasteiger partial charge in [0.15, 0.2) is 5.75 Å². The number of carbonyl (C=O) groups is 1. The van der Waals surface area contributed by atoms with Crippen molar-refractivity contribution in [1.82, 2.24) is 19.7 Å². The van der Waals surface area contributed by atoms with Crippen LogP contribution in [0.4, 0.5) is 9.18 Å². The molecule has 0 bridgehead atoms. The highest BCUT2D eigenvalue weighted by Gasteiger charge is 2.20. The Balaban J connectivity index is 1.55. The van der Waals surface area contributed by atoms with Crippen LogP contribution in [0.25, 0.3) is 5.78 Å². The molecule has 2 aromatic heterocycles. The molecule has 0 aliphatic heterocycles. The summed E-state index contributed by atoms with van der Waals surface area (Å²) in [4.78, 5) is 20.6. The van der Waals surface area contributed by atoms with E-state index in [0.29, 0.717) is 23.8 Å². The summed E-state index contributed by atoms with van der Waals surface area (Å²) in [6.07, 6.45) is 9.99. The topological polar surface area (TPSA) is 77.8 Å². The first-order valence-electron chi connectivity index (χ1n) is 9.56. The molecule has 7 nitrogen and oxygen atoms in total. The molecule has 152 valence electrons. The summed E-state index contributed by atoms with van der Waals surface area (Å²) in [5.74, 6) is 1.63. The summed E-state index contributed by atoms with van der Waals surface area (Å²) in [5.41, 5.74) is 0.736. The zero-order valence-electron chi connectivity index (χ0n) is 16.6. The fourth-order valence-corrected chi connectivity index (χ4v) is 3.17. The van der Waals surface area contributed by atoms with Crippen molar-refractivity contribution < 1.29 is 18.7 Å². The maximum Gasteiger partial charge on any atom is 0.407 e. The van der Waals surface area contributed by atoms with Crippen molar-refractivity contribution in [3.8, 4) is 5.75 Å². The number of ether oxygens (including phenoxy) is 2. The van der Waals surface area contributed by atoms with Crippen molar-refractivity contribution in [3.05, 3.63) is 36.2 Å². The van der Waals surface area contributed by atoms with E-state index in [1.165, 1.54) is 25.7 Å². The first-order valence-corrected chi connectivity index (χ1v) is 9.56. The van der Waals surface area contributed by atoms with Crippen LogP contribution >= 0.6 is 0 Å². The third-order valence-corrected chi connectivity index (χ3v) is 4.52. The molecular weight excluding hydrogens is 363 g/mol. The fraction of sp³-hybridized carbons (Fsp3) is 0.550. The summed E-state index contributed by atoms with van der Waals surface area (Å²) < 4.78 is 25.7. The lowest BCUT2D eigenvalue weighted by Crippen LogP contribution is -2.34. The minimum Gasteiger partial charge on any atom is -0.486 e. The van der Waals surface area contributed by atoms with Crippen LogP contribution in [0.5, 0.6) is 5.75 Å². The van der Waals surface area contributed by atoms with Gasteiger partial charge in [-0.3, -0.25) is 4.40 Å². The van der Waals surface area contributed by atoms with Crippen molar-refractivity contribution in [2.75, 3.05) is 13.2 Å². The summed E-state index contributed by atoms with van der Waals surface area (Å²) >= 11 is 0. The van der Waals surface area contributed by atoms with Crippen LogP contribution in [0.1, 0.15) is 58.1 Å². The minimum atomic E-state index is -0.608.